The number of hydrogen-bond donors (Lipinski definition) is 1. The molecule has 4 nitrogen and oxygen atoms in total. The second-order valence-electron chi connectivity index (χ2n) is 4.67. The quantitative estimate of drug-likeness (QED) is 0.917. The largest absolute Gasteiger partial charge is 0.347 e. The molecule has 0 atom stereocenters. The van der Waals surface area contributed by atoms with Crippen molar-refractivity contribution >= 4 is 27.7 Å². The van der Waals surface area contributed by atoms with Crippen molar-refractivity contribution in [2.75, 3.05) is 19.6 Å². The molecule has 19 heavy (non-hydrogen) atoms. The van der Waals surface area contributed by atoms with E-state index in [2.05, 4.69) is 21.2 Å². The molecule has 0 radical (unpaired) electrons. The van der Waals surface area contributed by atoms with Crippen LogP contribution in [0.15, 0.2) is 28.7 Å². The molecule has 0 saturated carbocycles. The lowest BCUT2D eigenvalue weighted by molar-refractivity contribution is -0.131. The highest BCUT2D eigenvalue weighted by molar-refractivity contribution is 9.10. The van der Waals surface area contributed by atoms with Crippen LogP contribution in [0.2, 0.25) is 0 Å². The predicted molar refractivity (Wildman–Crippen MR) is 76.7 cm³/mol. The van der Waals surface area contributed by atoms with Gasteiger partial charge in [0.05, 0.1) is 13.0 Å². The minimum atomic E-state index is -0.120. The first-order valence-electron chi connectivity index (χ1n) is 6.44. The standard InChI is InChI=1S/C14H17BrN2O2/c15-12-5-3-4-11(8-12)9-13(18)16-10-14(19)17-6-1-2-7-17/h3-5,8H,1-2,6-7,9-10H2,(H,16,18). The van der Waals surface area contributed by atoms with E-state index >= 15 is 0 Å². The number of carbonyl (C=O) groups is 2. The van der Waals surface area contributed by atoms with Crippen molar-refractivity contribution in [3.05, 3.63) is 34.3 Å². The van der Waals surface area contributed by atoms with Crippen LogP contribution in [-0.2, 0) is 16.0 Å². The van der Waals surface area contributed by atoms with Crippen LogP contribution < -0.4 is 5.32 Å². The van der Waals surface area contributed by atoms with Crippen LogP contribution in [0.1, 0.15) is 18.4 Å². The lowest BCUT2D eigenvalue weighted by Crippen LogP contribution is -2.39. The summed E-state index contributed by atoms with van der Waals surface area (Å²) in [6, 6.07) is 7.61. The summed E-state index contributed by atoms with van der Waals surface area (Å²) in [6.45, 7) is 1.74. The fourth-order valence-electron chi connectivity index (χ4n) is 2.15. The Morgan fingerprint density at radius 2 is 2.00 bits per heavy atom. The fraction of sp³-hybridized carbons (Fsp3) is 0.429. The summed E-state index contributed by atoms with van der Waals surface area (Å²) in [4.78, 5) is 25.3. The van der Waals surface area contributed by atoms with Gasteiger partial charge in [-0.05, 0) is 30.5 Å². The molecule has 0 aromatic heterocycles. The predicted octanol–water partition coefficient (Wildman–Crippen LogP) is 1.73. The molecule has 1 N–H and O–H groups in total. The summed E-state index contributed by atoms with van der Waals surface area (Å²) in [7, 11) is 0. The molecule has 1 aliphatic rings. The van der Waals surface area contributed by atoms with Crippen molar-refractivity contribution in [2.24, 2.45) is 0 Å². The van der Waals surface area contributed by atoms with Gasteiger partial charge in [-0.25, -0.2) is 0 Å². The van der Waals surface area contributed by atoms with Crippen LogP contribution in [-0.4, -0.2) is 36.3 Å². The molecular formula is C14H17BrN2O2. The number of nitrogens with one attached hydrogen (secondary N) is 1. The van der Waals surface area contributed by atoms with Crippen LogP contribution in [0.4, 0.5) is 0 Å². The maximum absolute atomic E-state index is 11.8. The van der Waals surface area contributed by atoms with Crippen molar-refractivity contribution in [3.8, 4) is 0 Å². The van der Waals surface area contributed by atoms with Crippen LogP contribution >= 0.6 is 15.9 Å². The van der Waals surface area contributed by atoms with Crippen LogP contribution in [0.5, 0.6) is 0 Å². The lowest BCUT2D eigenvalue weighted by atomic mass is 10.1. The van der Waals surface area contributed by atoms with Gasteiger partial charge in [0.15, 0.2) is 0 Å². The SMILES string of the molecule is O=C(Cc1cccc(Br)c1)NCC(=O)N1CCCC1. The molecular weight excluding hydrogens is 308 g/mol. The number of hydrogen-bond acceptors (Lipinski definition) is 2. The molecule has 0 aliphatic carbocycles. The molecule has 0 spiro atoms. The van der Waals surface area contributed by atoms with Gasteiger partial charge >= 0.3 is 0 Å². The van der Waals surface area contributed by atoms with E-state index in [1.807, 2.05) is 24.3 Å². The smallest absolute Gasteiger partial charge is 0.241 e. The third kappa shape index (κ3) is 4.35. The average Bonchev–Trinajstić information content (AvgIpc) is 2.90. The summed E-state index contributed by atoms with van der Waals surface area (Å²) < 4.78 is 0.950. The number of rotatable bonds is 4. The molecule has 1 saturated heterocycles. The second-order valence-corrected chi connectivity index (χ2v) is 5.59. The van der Waals surface area contributed by atoms with Gasteiger partial charge in [0.25, 0.3) is 0 Å². The Hall–Kier alpha value is -1.36. The van der Waals surface area contributed by atoms with Crippen molar-refractivity contribution < 1.29 is 9.59 Å². The first-order chi connectivity index (χ1) is 9.15. The summed E-state index contributed by atoms with van der Waals surface area (Å²) in [5.74, 6) is -0.106. The summed E-state index contributed by atoms with van der Waals surface area (Å²) in [5.41, 5.74) is 0.931. The zero-order valence-electron chi connectivity index (χ0n) is 10.7. The van der Waals surface area contributed by atoms with Crippen LogP contribution in [0.3, 0.4) is 0 Å². The van der Waals surface area contributed by atoms with Crippen molar-refractivity contribution in [2.45, 2.75) is 19.3 Å². The Kier molecular flexibility index (Phi) is 4.96. The summed E-state index contributed by atoms with van der Waals surface area (Å²) in [6.07, 6.45) is 2.43. The van der Waals surface area contributed by atoms with E-state index < -0.39 is 0 Å². The van der Waals surface area contributed by atoms with E-state index in [-0.39, 0.29) is 18.4 Å². The van der Waals surface area contributed by atoms with E-state index in [0.29, 0.717) is 6.42 Å². The maximum atomic E-state index is 11.8. The van der Waals surface area contributed by atoms with Crippen LogP contribution in [0, 0.1) is 0 Å². The Morgan fingerprint density at radius 3 is 2.68 bits per heavy atom. The van der Waals surface area contributed by atoms with E-state index in [1.165, 1.54) is 0 Å². The Labute approximate surface area is 121 Å². The highest BCUT2D eigenvalue weighted by atomic mass is 79.9. The lowest BCUT2D eigenvalue weighted by Gasteiger charge is -2.15. The summed E-state index contributed by atoms with van der Waals surface area (Å²) >= 11 is 3.37. The molecule has 1 fully saturated rings. The van der Waals surface area contributed by atoms with Gasteiger partial charge in [-0.1, -0.05) is 28.1 Å². The summed E-state index contributed by atoms with van der Waals surface area (Å²) in [5, 5.41) is 2.68. The number of amides is 2. The number of nitrogens with zero attached hydrogens (tertiary/aromatic N) is 1. The molecule has 1 aromatic rings. The molecule has 0 bridgehead atoms. The van der Waals surface area contributed by atoms with E-state index in [1.54, 1.807) is 4.90 Å². The number of halogens is 1. The zero-order valence-corrected chi connectivity index (χ0v) is 12.3. The zero-order chi connectivity index (χ0) is 13.7. The average molecular weight is 325 g/mol. The first kappa shape index (κ1) is 14.1. The fourth-order valence-corrected chi connectivity index (χ4v) is 2.59. The normalized spacial score (nSPS) is 14.5. The van der Waals surface area contributed by atoms with Gasteiger partial charge in [0.1, 0.15) is 0 Å². The van der Waals surface area contributed by atoms with Crippen molar-refractivity contribution in [1.29, 1.82) is 0 Å². The van der Waals surface area contributed by atoms with Gasteiger partial charge < -0.3 is 10.2 Å². The van der Waals surface area contributed by atoms with Crippen molar-refractivity contribution in [3.63, 3.8) is 0 Å². The van der Waals surface area contributed by atoms with Gasteiger partial charge in [0, 0.05) is 17.6 Å². The Morgan fingerprint density at radius 1 is 1.26 bits per heavy atom. The van der Waals surface area contributed by atoms with Gasteiger partial charge in [-0.15, -0.1) is 0 Å². The first-order valence-corrected chi connectivity index (χ1v) is 7.23. The molecule has 5 heteroatoms. The number of carbonyl (C=O) groups excluding carboxylic acids is 2. The highest BCUT2D eigenvalue weighted by Crippen LogP contribution is 2.12. The van der Waals surface area contributed by atoms with Crippen LogP contribution in [0.25, 0.3) is 0 Å². The molecule has 102 valence electrons. The third-order valence-corrected chi connectivity index (χ3v) is 3.64. The topological polar surface area (TPSA) is 49.4 Å². The molecule has 2 rings (SSSR count). The van der Waals surface area contributed by atoms with E-state index in [0.717, 1.165) is 36.0 Å². The Bertz CT molecular complexity index is 470. The number of likely N-dealkylation sites (tertiary alicyclic amines) is 1. The van der Waals surface area contributed by atoms with Gasteiger partial charge in [0.2, 0.25) is 11.8 Å². The van der Waals surface area contributed by atoms with Gasteiger partial charge in [-0.3, -0.25) is 9.59 Å². The molecule has 1 heterocycles. The number of benzene rings is 1. The molecule has 2 amide bonds. The molecule has 0 unspecified atom stereocenters. The third-order valence-electron chi connectivity index (χ3n) is 3.15. The Balaban J connectivity index is 1.76. The highest BCUT2D eigenvalue weighted by Gasteiger charge is 2.18. The van der Waals surface area contributed by atoms with E-state index in [9.17, 15) is 9.59 Å². The molecule has 1 aliphatic heterocycles. The maximum Gasteiger partial charge on any atom is 0.241 e. The minimum absolute atomic E-state index is 0.0140. The second kappa shape index (κ2) is 6.70. The van der Waals surface area contributed by atoms with Gasteiger partial charge in [-0.2, -0.15) is 0 Å². The monoisotopic (exact) mass is 324 g/mol. The van der Waals surface area contributed by atoms with E-state index in [4.69, 9.17) is 0 Å². The molecule has 1 aromatic carbocycles. The van der Waals surface area contributed by atoms with Crippen molar-refractivity contribution in [1.82, 2.24) is 10.2 Å². The minimum Gasteiger partial charge on any atom is -0.347 e.